The van der Waals surface area contributed by atoms with Crippen molar-refractivity contribution < 1.29 is 18.8 Å². The number of ether oxygens (including phenoxy) is 1. The highest BCUT2D eigenvalue weighted by molar-refractivity contribution is 5.90. The van der Waals surface area contributed by atoms with E-state index in [0.29, 0.717) is 23.6 Å². The van der Waals surface area contributed by atoms with E-state index in [1.165, 1.54) is 18.5 Å². The number of carbonyl (C=O) groups excluding carboxylic acids is 1. The molecule has 1 heterocycles. The lowest BCUT2D eigenvalue weighted by Crippen LogP contribution is -2.27. The van der Waals surface area contributed by atoms with Crippen LogP contribution in [0.3, 0.4) is 0 Å². The van der Waals surface area contributed by atoms with Crippen molar-refractivity contribution in [3.05, 3.63) is 81.1 Å². The molecule has 0 aliphatic heterocycles. The minimum Gasteiger partial charge on any atom is -0.494 e. The third-order valence-corrected chi connectivity index (χ3v) is 4.08. The molecule has 9 nitrogen and oxygen atoms in total. The van der Waals surface area contributed by atoms with Gasteiger partial charge in [-0.25, -0.2) is 4.98 Å². The van der Waals surface area contributed by atoms with Gasteiger partial charge in [0.2, 0.25) is 11.7 Å². The first kappa shape index (κ1) is 20.6. The molecule has 0 fully saturated rings. The van der Waals surface area contributed by atoms with E-state index in [-0.39, 0.29) is 12.2 Å². The highest BCUT2D eigenvalue weighted by Gasteiger charge is 2.15. The van der Waals surface area contributed by atoms with Gasteiger partial charge in [-0.15, -0.1) is 0 Å². The molecular formula is C20H17FN4O5. The largest absolute Gasteiger partial charge is 0.494 e. The Hall–Kier alpha value is -4.08. The van der Waals surface area contributed by atoms with Crippen molar-refractivity contribution in [3.63, 3.8) is 0 Å². The first-order valence-corrected chi connectivity index (χ1v) is 8.91. The smallest absolute Gasteiger partial charge is 0.306 e. The third-order valence-electron chi connectivity index (χ3n) is 4.08. The van der Waals surface area contributed by atoms with Crippen LogP contribution in [0.15, 0.2) is 59.7 Å². The second-order valence-electron chi connectivity index (χ2n) is 6.17. The molecule has 1 N–H and O–H groups in total. The number of carbonyl (C=O) groups is 1. The summed E-state index contributed by atoms with van der Waals surface area (Å²) in [5.41, 5.74) is -0.0137. The highest BCUT2D eigenvalue weighted by atomic mass is 19.1. The van der Waals surface area contributed by atoms with E-state index in [1.54, 1.807) is 24.3 Å². The van der Waals surface area contributed by atoms with Gasteiger partial charge >= 0.3 is 5.69 Å². The highest BCUT2D eigenvalue weighted by Crippen LogP contribution is 2.22. The molecule has 0 atom stereocenters. The van der Waals surface area contributed by atoms with Crippen molar-refractivity contribution in [2.24, 2.45) is 0 Å². The van der Waals surface area contributed by atoms with Crippen LogP contribution >= 0.6 is 0 Å². The van der Waals surface area contributed by atoms with Crippen molar-refractivity contribution in [3.8, 4) is 17.0 Å². The number of rotatable bonds is 7. The van der Waals surface area contributed by atoms with Gasteiger partial charge in [0.05, 0.1) is 23.6 Å². The van der Waals surface area contributed by atoms with Gasteiger partial charge in [0.15, 0.2) is 0 Å². The Balaban J connectivity index is 1.71. The van der Waals surface area contributed by atoms with Crippen LogP contribution in [0.25, 0.3) is 11.3 Å². The summed E-state index contributed by atoms with van der Waals surface area (Å²) in [4.78, 5) is 38.6. The molecule has 0 radical (unpaired) electrons. The van der Waals surface area contributed by atoms with Gasteiger partial charge in [-0.3, -0.25) is 24.3 Å². The van der Waals surface area contributed by atoms with Crippen LogP contribution in [0.1, 0.15) is 6.92 Å². The van der Waals surface area contributed by atoms with E-state index in [9.17, 15) is 24.1 Å². The molecule has 10 heteroatoms. The fourth-order valence-electron chi connectivity index (χ4n) is 2.68. The van der Waals surface area contributed by atoms with Crippen LogP contribution < -0.4 is 15.6 Å². The second kappa shape index (κ2) is 8.95. The van der Waals surface area contributed by atoms with Crippen molar-refractivity contribution in [2.45, 2.75) is 13.5 Å². The fourth-order valence-corrected chi connectivity index (χ4v) is 2.68. The summed E-state index contributed by atoms with van der Waals surface area (Å²) in [5, 5.41) is 13.2. The van der Waals surface area contributed by atoms with E-state index in [4.69, 9.17) is 4.74 Å². The van der Waals surface area contributed by atoms with Gasteiger partial charge in [0, 0.05) is 23.4 Å². The van der Waals surface area contributed by atoms with Crippen LogP contribution in [-0.2, 0) is 11.3 Å². The van der Waals surface area contributed by atoms with Crippen molar-refractivity contribution in [1.29, 1.82) is 0 Å². The normalized spacial score (nSPS) is 10.5. The molecule has 30 heavy (non-hydrogen) atoms. The maximum absolute atomic E-state index is 13.4. The maximum Gasteiger partial charge on any atom is 0.306 e. The van der Waals surface area contributed by atoms with E-state index in [1.807, 2.05) is 6.92 Å². The van der Waals surface area contributed by atoms with Crippen LogP contribution in [0.4, 0.5) is 15.8 Å². The summed E-state index contributed by atoms with van der Waals surface area (Å²) < 4.78 is 19.8. The molecule has 0 aliphatic rings. The lowest BCUT2D eigenvalue weighted by Gasteiger charge is -2.09. The number of halogens is 1. The predicted molar refractivity (Wildman–Crippen MR) is 107 cm³/mol. The molecular weight excluding hydrogens is 395 g/mol. The quantitative estimate of drug-likeness (QED) is 0.471. The van der Waals surface area contributed by atoms with Gasteiger partial charge in [-0.1, -0.05) is 0 Å². The Morgan fingerprint density at radius 1 is 1.23 bits per heavy atom. The van der Waals surface area contributed by atoms with Crippen LogP contribution in [0, 0.1) is 15.9 Å². The fraction of sp³-hybridized carbons (Fsp3) is 0.150. The minimum absolute atomic E-state index is 0.0418. The van der Waals surface area contributed by atoms with Crippen LogP contribution in [0.5, 0.6) is 5.75 Å². The SMILES string of the molecule is CCOc1ccc(-c2cc(=O)n(CC(=O)Nc3ccc(F)c([N+](=O)[O-])c3)cn2)cc1. The third kappa shape index (κ3) is 4.85. The molecule has 3 rings (SSSR count). The summed E-state index contributed by atoms with van der Waals surface area (Å²) in [6.45, 7) is 2.06. The number of nitro benzene ring substituents is 1. The summed E-state index contributed by atoms with van der Waals surface area (Å²) in [6.07, 6.45) is 1.24. The van der Waals surface area contributed by atoms with Gasteiger partial charge in [-0.2, -0.15) is 4.39 Å². The van der Waals surface area contributed by atoms with E-state index < -0.39 is 27.9 Å². The molecule has 0 bridgehead atoms. The molecule has 1 aromatic heterocycles. The van der Waals surface area contributed by atoms with Gasteiger partial charge in [0.1, 0.15) is 12.3 Å². The number of nitro groups is 1. The molecule has 0 saturated carbocycles. The number of anilines is 1. The van der Waals surface area contributed by atoms with Crippen molar-refractivity contribution >= 4 is 17.3 Å². The molecule has 3 aromatic rings. The number of benzene rings is 2. The average molecular weight is 412 g/mol. The number of amides is 1. The summed E-state index contributed by atoms with van der Waals surface area (Å²) in [6, 6.07) is 11.3. The van der Waals surface area contributed by atoms with Crippen molar-refractivity contribution in [2.75, 3.05) is 11.9 Å². The Labute approximate surface area is 169 Å². The lowest BCUT2D eigenvalue weighted by molar-refractivity contribution is -0.387. The molecule has 0 saturated heterocycles. The first-order valence-electron chi connectivity index (χ1n) is 8.91. The molecule has 154 valence electrons. The van der Waals surface area contributed by atoms with Gasteiger partial charge in [0.25, 0.3) is 5.56 Å². The standard InChI is InChI=1S/C20H17FN4O5/c1-2-30-15-6-3-13(4-7-15)17-10-20(27)24(12-22-17)11-19(26)23-14-5-8-16(21)18(9-14)25(28)29/h3-10,12H,2,11H2,1H3,(H,23,26). The molecule has 0 spiro atoms. The molecule has 1 amide bonds. The Morgan fingerprint density at radius 2 is 1.97 bits per heavy atom. The summed E-state index contributed by atoms with van der Waals surface area (Å²) in [5.74, 6) is -0.927. The van der Waals surface area contributed by atoms with E-state index in [0.717, 1.165) is 16.7 Å². The zero-order valence-corrected chi connectivity index (χ0v) is 15.9. The van der Waals surface area contributed by atoms with Gasteiger partial charge < -0.3 is 10.1 Å². The van der Waals surface area contributed by atoms with E-state index >= 15 is 0 Å². The topological polar surface area (TPSA) is 116 Å². The molecule has 0 aliphatic carbocycles. The maximum atomic E-state index is 13.4. The number of hydrogen-bond donors (Lipinski definition) is 1. The number of nitrogens with zero attached hydrogens (tertiary/aromatic N) is 3. The monoisotopic (exact) mass is 412 g/mol. The number of aromatic nitrogens is 2. The summed E-state index contributed by atoms with van der Waals surface area (Å²) in [7, 11) is 0. The van der Waals surface area contributed by atoms with E-state index in [2.05, 4.69) is 10.3 Å². The Kier molecular flexibility index (Phi) is 6.16. The predicted octanol–water partition coefficient (Wildman–Crippen LogP) is 3.00. The zero-order valence-electron chi connectivity index (χ0n) is 15.9. The first-order chi connectivity index (χ1) is 14.4. The molecule has 0 unspecified atom stereocenters. The average Bonchev–Trinajstić information content (AvgIpc) is 2.71. The van der Waals surface area contributed by atoms with Crippen LogP contribution in [0.2, 0.25) is 0 Å². The lowest BCUT2D eigenvalue weighted by atomic mass is 10.1. The minimum atomic E-state index is -1.01. The Bertz CT molecular complexity index is 1140. The van der Waals surface area contributed by atoms with Crippen LogP contribution in [-0.4, -0.2) is 27.0 Å². The van der Waals surface area contributed by atoms with Crippen molar-refractivity contribution in [1.82, 2.24) is 9.55 Å². The van der Waals surface area contributed by atoms with Gasteiger partial charge in [-0.05, 0) is 43.3 Å². The Morgan fingerprint density at radius 3 is 2.60 bits per heavy atom. The second-order valence-corrected chi connectivity index (χ2v) is 6.17. The zero-order chi connectivity index (χ0) is 21.7. The number of nitrogens with one attached hydrogen (secondary N) is 1. The summed E-state index contributed by atoms with van der Waals surface area (Å²) >= 11 is 0. The molecule has 2 aromatic carbocycles. The number of hydrogen-bond acceptors (Lipinski definition) is 6.